The van der Waals surface area contributed by atoms with Gasteiger partial charge in [0.2, 0.25) is 0 Å². The fraction of sp³-hybridized carbons (Fsp3) is 1.00. The van der Waals surface area contributed by atoms with Crippen molar-refractivity contribution < 1.29 is 0 Å². The van der Waals surface area contributed by atoms with Gasteiger partial charge < -0.3 is 4.90 Å². The van der Waals surface area contributed by atoms with E-state index in [1.54, 1.807) is 5.01 Å². The first-order chi connectivity index (χ1) is 4.77. The van der Waals surface area contributed by atoms with Crippen molar-refractivity contribution in [2.45, 2.75) is 24.9 Å². The van der Waals surface area contributed by atoms with E-state index in [0.717, 1.165) is 13.1 Å². The molecular formula is C7H14N3. The lowest BCUT2D eigenvalue weighted by atomic mass is 10.2. The van der Waals surface area contributed by atoms with Gasteiger partial charge in [-0.25, -0.2) is 5.01 Å². The highest BCUT2D eigenvalue weighted by atomic mass is 15.5. The van der Waals surface area contributed by atoms with Gasteiger partial charge in [-0.15, -0.1) is 0 Å². The maximum Gasteiger partial charge on any atom is 0.0388 e. The van der Waals surface area contributed by atoms with Crippen molar-refractivity contribution in [3.63, 3.8) is 0 Å². The Balaban J connectivity index is 2.09. The zero-order valence-corrected chi connectivity index (χ0v) is 6.38. The number of nitrogens with one attached hydrogen (secondary N) is 1. The van der Waals surface area contributed by atoms with Gasteiger partial charge in [-0.3, -0.25) is 0 Å². The fourth-order valence-corrected chi connectivity index (χ4v) is 2.11. The van der Waals surface area contributed by atoms with Crippen LogP contribution in [0.15, 0.2) is 0 Å². The molecule has 10 heavy (non-hydrogen) atoms. The smallest absolute Gasteiger partial charge is 0.0388 e. The molecule has 0 aliphatic carbocycles. The Labute approximate surface area is 61.7 Å². The van der Waals surface area contributed by atoms with E-state index in [-0.39, 0.29) is 0 Å². The normalized spacial score (nSPS) is 42.6. The van der Waals surface area contributed by atoms with Crippen molar-refractivity contribution in [2.75, 3.05) is 20.1 Å². The Kier molecular flexibility index (Phi) is 1.44. The van der Waals surface area contributed by atoms with Crippen LogP contribution in [-0.2, 0) is 0 Å². The number of fused-ring (bicyclic) bond motifs is 2. The molecule has 2 aliphatic heterocycles. The monoisotopic (exact) mass is 140 g/mol. The highest BCUT2D eigenvalue weighted by Gasteiger charge is 2.37. The van der Waals surface area contributed by atoms with Crippen LogP contribution in [0.2, 0.25) is 0 Å². The minimum atomic E-state index is 0.531. The molecule has 57 valence electrons. The third kappa shape index (κ3) is 0.856. The van der Waals surface area contributed by atoms with E-state index in [1.807, 2.05) is 0 Å². The molecular weight excluding hydrogens is 126 g/mol. The molecule has 2 fully saturated rings. The van der Waals surface area contributed by atoms with Crippen molar-refractivity contribution in [3.8, 4) is 0 Å². The maximum absolute atomic E-state index is 7.64. The number of hydrogen-bond acceptors (Lipinski definition) is 2. The number of nitrogens with zero attached hydrogens (tertiary/aromatic N) is 2. The standard InChI is InChI=1S/C7H14N3/c1-9-4-6-2-3-7(5-9)10(6)8/h6-8H,2-5H2,1H3. The predicted molar refractivity (Wildman–Crippen MR) is 39.2 cm³/mol. The second-order valence-corrected chi connectivity index (χ2v) is 3.51. The fourth-order valence-electron chi connectivity index (χ4n) is 2.11. The van der Waals surface area contributed by atoms with E-state index in [2.05, 4.69) is 11.9 Å². The van der Waals surface area contributed by atoms with Crippen molar-refractivity contribution in [1.82, 2.24) is 15.8 Å². The Bertz CT molecular complexity index is 123. The van der Waals surface area contributed by atoms with Crippen LogP contribution in [0.1, 0.15) is 12.8 Å². The summed E-state index contributed by atoms with van der Waals surface area (Å²) < 4.78 is 0. The first kappa shape index (κ1) is 6.58. The third-order valence-corrected chi connectivity index (χ3v) is 2.66. The molecule has 0 aromatic carbocycles. The van der Waals surface area contributed by atoms with E-state index in [1.165, 1.54) is 12.8 Å². The second kappa shape index (κ2) is 2.19. The van der Waals surface area contributed by atoms with Gasteiger partial charge in [0.15, 0.2) is 0 Å². The predicted octanol–water partition coefficient (Wildman–Crippen LogP) is -0.0373. The lowest BCUT2D eigenvalue weighted by Crippen LogP contribution is -2.51. The van der Waals surface area contributed by atoms with Crippen LogP contribution >= 0.6 is 0 Å². The average Bonchev–Trinajstić information content (AvgIpc) is 2.20. The summed E-state index contributed by atoms with van der Waals surface area (Å²) in [6.07, 6.45) is 2.47. The van der Waals surface area contributed by atoms with E-state index in [9.17, 15) is 0 Å². The third-order valence-electron chi connectivity index (χ3n) is 2.66. The molecule has 0 aromatic heterocycles. The van der Waals surface area contributed by atoms with Gasteiger partial charge in [0.25, 0.3) is 0 Å². The first-order valence-corrected chi connectivity index (χ1v) is 3.95. The Morgan fingerprint density at radius 2 is 1.70 bits per heavy atom. The number of piperazine rings is 1. The molecule has 2 unspecified atom stereocenters. The van der Waals surface area contributed by atoms with Crippen LogP contribution in [-0.4, -0.2) is 42.1 Å². The molecule has 2 heterocycles. The molecule has 0 amide bonds. The lowest BCUT2D eigenvalue weighted by Gasteiger charge is -2.35. The minimum Gasteiger partial charge on any atom is -0.303 e. The van der Waals surface area contributed by atoms with Crippen molar-refractivity contribution in [3.05, 3.63) is 0 Å². The van der Waals surface area contributed by atoms with Crippen LogP contribution in [0.5, 0.6) is 0 Å². The van der Waals surface area contributed by atoms with Gasteiger partial charge in [-0.05, 0) is 19.9 Å². The summed E-state index contributed by atoms with van der Waals surface area (Å²) >= 11 is 0. The molecule has 0 saturated carbocycles. The van der Waals surface area contributed by atoms with Gasteiger partial charge in [0.1, 0.15) is 0 Å². The van der Waals surface area contributed by atoms with E-state index < -0.39 is 0 Å². The van der Waals surface area contributed by atoms with E-state index in [4.69, 9.17) is 5.84 Å². The molecule has 2 bridgehead atoms. The molecule has 0 aromatic rings. The number of likely N-dealkylation sites (N-methyl/N-ethyl adjacent to an activating group) is 1. The molecule has 1 N–H and O–H groups in total. The largest absolute Gasteiger partial charge is 0.303 e. The van der Waals surface area contributed by atoms with Crippen LogP contribution in [0.25, 0.3) is 0 Å². The SMILES string of the molecule is CN1CC2CCC(C1)N2[NH]. The van der Waals surface area contributed by atoms with Crippen molar-refractivity contribution in [2.24, 2.45) is 0 Å². The zero-order valence-electron chi connectivity index (χ0n) is 6.38. The number of likely N-dealkylation sites (tertiary alicyclic amines) is 1. The quantitative estimate of drug-likeness (QED) is 0.472. The molecule has 2 aliphatic rings. The molecule has 2 atom stereocenters. The van der Waals surface area contributed by atoms with Gasteiger partial charge in [0, 0.05) is 25.2 Å². The summed E-state index contributed by atoms with van der Waals surface area (Å²) in [5, 5.41) is 1.81. The topological polar surface area (TPSA) is 30.3 Å². The van der Waals surface area contributed by atoms with E-state index in [0.29, 0.717) is 12.1 Å². The van der Waals surface area contributed by atoms with Gasteiger partial charge in [-0.2, -0.15) is 5.84 Å². The highest BCUT2D eigenvalue weighted by molar-refractivity contribution is 4.91. The highest BCUT2D eigenvalue weighted by Crippen LogP contribution is 2.26. The van der Waals surface area contributed by atoms with Crippen LogP contribution < -0.4 is 5.84 Å². The summed E-state index contributed by atoms with van der Waals surface area (Å²) in [5.41, 5.74) is 0. The Morgan fingerprint density at radius 3 is 2.20 bits per heavy atom. The van der Waals surface area contributed by atoms with Crippen molar-refractivity contribution in [1.29, 1.82) is 0 Å². The lowest BCUT2D eigenvalue weighted by molar-refractivity contribution is 0.0745. The van der Waals surface area contributed by atoms with Crippen LogP contribution in [0, 0.1) is 0 Å². The van der Waals surface area contributed by atoms with Crippen LogP contribution in [0.3, 0.4) is 0 Å². The Morgan fingerprint density at radius 1 is 1.20 bits per heavy atom. The summed E-state index contributed by atoms with van der Waals surface area (Å²) in [6, 6.07) is 1.06. The molecule has 3 nitrogen and oxygen atoms in total. The van der Waals surface area contributed by atoms with Gasteiger partial charge in [0.05, 0.1) is 0 Å². The minimum absolute atomic E-state index is 0.531. The number of rotatable bonds is 0. The summed E-state index contributed by atoms with van der Waals surface area (Å²) in [7, 11) is 2.15. The summed E-state index contributed by atoms with van der Waals surface area (Å²) in [5.74, 6) is 7.64. The van der Waals surface area contributed by atoms with Gasteiger partial charge >= 0.3 is 0 Å². The average molecular weight is 140 g/mol. The second-order valence-electron chi connectivity index (χ2n) is 3.51. The molecule has 2 rings (SSSR count). The summed E-state index contributed by atoms with van der Waals surface area (Å²) in [4.78, 5) is 2.34. The Hall–Kier alpha value is -0.120. The van der Waals surface area contributed by atoms with Gasteiger partial charge in [-0.1, -0.05) is 0 Å². The number of hydrogen-bond donors (Lipinski definition) is 0. The van der Waals surface area contributed by atoms with E-state index >= 15 is 0 Å². The summed E-state index contributed by atoms with van der Waals surface area (Å²) in [6.45, 7) is 2.19. The first-order valence-electron chi connectivity index (χ1n) is 3.95. The van der Waals surface area contributed by atoms with Crippen LogP contribution in [0.4, 0.5) is 0 Å². The van der Waals surface area contributed by atoms with Crippen molar-refractivity contribution >= 4 is 0 Å². The molecule has 1 radical (unpaired) electrons. The zero-order chi connectivity index (χ0) is 7.14. The maximum atomic E-state index is 7.64. The molecule has 0 spiro atoms. The molecule has 3 heteroatoms. The molecule has 2 saturated heterocycles.